The molecule has 134 valence electrons. The number of aromatic nitrogens is 2. The van der Waals surface area contributed by atoms with E-state index in [2.05, 4.69) is 10.4 Å². The van der Waals surface area contributed by atoms with Crippen molar-refractivity contribution in [3.63, 3.8) is 0 Å². The smallest absolute Gasteiger partial charge is 0.244 e. The number of rotatable bonds is 7. The lowest BCUT2D eigenvalue weighted by atomic mass is 10.2. The highest BCUT2D eigenvalue weighted by Crippen LogP contribution is 2.28. The molecule has 0 aliphatic heterocycles. The highest BCUT2D eigenvalue weighted by Gasteiger charge is 2.14. The number of carbonyl (C=O) groups is 1. The van der Waals surface area contributed by atoms with Crippen LogP contribution < -0.4 is 5.32 Å². The van der Waals surface area contributed by atoms with Gasteiger partial charge in [0.25, 0.3) is 0 Å². The zero-order chi connectivity index (χ0) is 18.4. The van der Waals surface area contributed by atoms with Crippen molar-refractivity contribution in [2.45, 2.75) is 19.9 Å². The number of amides is 1. The molecule has 0 spiro atoms. The SMILES string of the molecule is Cc1nn(Cc2c(Cl)cccc2Cl)c(Cl)c1/C=C/C(=O)NCCCO. The fourth-order valence-electron chi connectivity index (χ4n) is 2.20. The van der Waals surface area contributed by atoms with Crippen molar-refractivity contribution < 1.29 is 9.90 Å². The summed E-state index contributed by atoms with van der Waals surface area (Å²) in [5, 5.41) is 17.2. The fraction of sp³-hybridized carbons (Fsp3) is 0.294. The largest absolute Gasteiger partial charge is 0.396 e. The Morgan fingerprint density at radius 1 is 1.32 bits per heavy atom. The summed E-state index contributed by atoms with van der Waals surface area (Å²) >= 11 is 18.8. The molecule has 8 heteroatoms. The Balaban J connectivity index is 2.16. The Kier molecular flexibility index (Phi) is 7.32. The minimum Gasteiger partial charge on any atom is -0.396 e. The van der Waals surface area contributed by atoms with E-state index in [0.29, 0.717) is 46.0 Å². The normalized spacial score (nSPS) is 11.2. The van der Waals surface area contributed by atoms with E-state index >= 15 is 0 Å². The zero-order valence-electron chi connectivity index (χ0n) is 13.6. The Hall–Kier alpha value is -1.53. The monoisotopic (exact) mass is 401 g/mol. The average molecular weight is 403 g/mol. The molecule has 0 bridgehead atoms. The van der Waals surface area contributed by atoms with Crippen LogP contribution >= 0.6 is 34.8 Å². The first-order chi connectivity index (χ1) is 11.9. The Morgan fingerprint density at radius 3 is 2.64 bits per heavy atom. The number of aryl methyl sites for hydroxylation is 1. The van der Waals surface area contributed by atoms with Crippen LogP contribution in [0.3, 0.4) is 0 Å². The molecule has 0 unspecified atom stereocenters. The first kappa shape index (κ1) is 19.8. The van der Waals surface area contributed by atoms with Gasteiger partial charge in [-0.15, -0.1) is 0 Å². The topological polar surface area (TPSA) is 67.2 Å². The molecule has 0 aliphatic carbocycles. The van der Waals surface area contributed by atoms with Gasteiger partial charge >= 0.3 is 0 Å². The van der Waals surface area contributed by atoms with Crippen molar-refractivity contribution in [1.29, 1.82) is 0 Å². The maximum absolute atomic E-state index is 11.7. The predicted molar refractivity (Wildman–Crippen MR) is 101 cm³/mol. The molecule has 0 saturated carbocycles. The van der Waals surface area contributed by atoms with E-state index in [-0.39, 0.29) is 12.5 Å². The Labute approximate surface area is 161 Å². The van der Waals surface area contributed by atoms with Gasteiger partial charge in [0.15, 0.2) is 0 Å². The molecule has 0 saturated heterocycles. The minimum atomic E-state index is -0.259. The molecule has 1 aromatic carbocycles. The van der Waals surface area contributed by atoms with Gasteiger partial charge in [-0.05, 0) is 31.6 Å². The molecular weight excluding hydrogens is 385 g/mol. The van der Waals surface area contributed by atoms with Crippen molar-refractivity contribution in [3.05, 3.63) is 56.3 Å². The van der Waals surface area contributed by atoms with Crippen LogP contribution in [0.2, 0.25) is 15.2 Å². The second-order valence-electron chi connectivity index (χ2n) is 5.35. The molecule has 2 rings (SSSR count). The number of hydrogen-bond donors (Lipinski definition) is 2. The van der Waals surface area contributed by atoms with Crippen LogP contribution in [-0.4, -0.2) is 33.9 Å². The molecular formula is C17H18Cl3N3O2. The molecule has 1 heterocycles. The summed E-state index contributed by atoms with van der Waals surface area (Å²) in [6.07, 6.45) is 3.51. The third kappa shape index (κ3) is 5.22. The minimum absolute atomic E-state index is 0.0340. The van der Waals surface area contributed by atoms with E-state index < -0.39 is 0 Å². The lowest BCUT2D eigenvalue weighted by Crippen LogP contribution is -2.22. The summed E-state index contributed by atoms with van der Waals surface area (Å²) in [5.41, 5.74) is 2.07. The van der Waals surface area contributed by atoms with Crippen LogP contribution in [0.4, 0.5) is 0 Å². The standard InChI is InChI=1S/C17H18Cl3N3O2/c1-11-12(6-7-16(25)21-8-3-9-24)17(20)23(22-11)10-13-14(18)4-2-5-15(13)19/h2,4-7,24H,3,8-10H2,1H3,(H,21,25)/b7-6+. The van der Waals surface area contributed by atoms with Gasteiger partial charge in [0.1, 0.15) is 5.15 Å². The summed E-state index contributed by atoms with van der Waals surface area (Å²) in [4.78, 5) is 11.7. The first-order valence-electron chi connectivity index (χ1n) is 7.66. The van der Waals surface area contributed by atoms with Crippen LogP contribution in [0.15, 0.2) is 24.3 Å². The van der Waals surface area contributed by atoms with Crippen molar-refractivity contribution in [2.24, 2.45) is 0 Å². The number of halogens is 3. The zero-order valence-corrected chi connectivity index (χ0v) is 15.9. The summed E-state index contributed by atoms with van der Waals surface area (Å²) < 4.78 is 1.59. The maximum atomic E-state index is 11.7. The molecule has 5 nitrogen and oxygen atoms in total. The van der Waals surface area contributed by atoms with Crippen LogP contribution in [0.25, 0.3) is 6.08 Å². The lowest BCUT2D eigenvalue weighted by Gasteiger charge is -2.08. The molecule has 2 N–H and O–H groups in total. The molecule has 0 radical (unpaired) electrons. The van der Waals surface area contributed by atoms with Crippen LogP contribution in [0.1, 0.15) is 23.2 Å². The summed E-state index contributed by atoms with van der Waals surface area (Å²) in [7, 11) is 0. The van der Waals surface area contributed by atoms with Gasteiger partial charge in [0.2, 0.25) is 5.91 Å². The van der Waals surface area contributed by atoms with Gasteiger partial charge in [-0.25, -0.2) is 4.68 Å². The third-order valence-corrected chi connectivity index (χ3v) is 4.62. The van der Waals surface area contributed by atoms with Crippen LogP contribution in [0, 0.1) is 6.92 Å². The van der Waals surface area contributed by atoms with Gasteiger partial charge < -0.3 is 10.4 Å². The van der Waals surface area contributed by atoms with E-state index in [1.54, 1.807) is 35.9 Å². The maximum Gasteiger partial charge on any atom is 0.244 e. The second-order valence-corrected chi connectivity index (χ2v) is 6.52. The fourth-order valence-corrected chi connectivity index (χ4v) is 3.02. The number of hydrogen-bond acceptors (Lipinski definition) is 3. The second kappa shape index (κ2) is 9.25. The quantitative estimate of drug-likeness (QED) is 0.548. The van der Waals surface area contributed by atoms with Gasteiger partial charge in [-0.2, -0.15) is 5.10 Å². The molecule has 0 atom stereocenters. The summed E-state index contributed by atoms with van der Waals surface area (Å²) in [6, 6.07) is 5.28. The van der Waals surface area contributed by atoms with E-state index in [0.717, 1.165) is 5.56 Å². The van der Waals surface area contributed by atoms with E-state index in [4.69, 9.17) is 39.9 Å². The number of nitrogens with one attached hydrogen (secondary N) is 1. The van der Waals surface area contributed by atoms with Gasteiger partial charge in [0, 0.05) is 40.4 Å². The lowest BCUT2D eigenvalue weighted by molar-refractivity contribution is -0.116. The number of carbonyl (C=O) groups excluding carboxylic acids is 1. The third-order valence-electron chi connectivity index (χ3n) is 3.51. The number of benzene rings is 1. The van der Waals surface area contributed by atoms with Gasteiger partial charge in [-0.1, -0.05) is 40.9 Å². The van der Waals surface area contributed by atoms with Gasteiger partial charge in [-0.3, -0.25) is 4.79 Å². The molecule has 1 aromatic heterocycles. The van der Waals surface area contributed by atoms with Crippen LogP contribution in [-0.2, 0) is 11.3 Å². The Bertz CT molecular complexity index is 767. The summed E-state index contributed by atoms with van der Waals surface area (Å²) in [6.45, 7) is 2.58. The molecule has 0 fully saturated rings. The van der Waals surface area contributed by atoms with Crippen molar-refractivity contribution in [1.82, 2.24) is 15.1 Å². The van der Waals surface area contributed by atoms with Crippen LogP contribution in [0.5, 0.6) is 0 Å². The summed E-state index contributed by atoms with van der Waals surface area (Å²) in [5.74, 6) is -0.259. The predicted octanol–water partition coefficient (Wildman–Crippen LogP) is 3.71. The van der Waals surface area contributed by atoms with E-state index in [1.807, 2.05) is 0 Å². The van der Waals surface area contributed by atoms with Crippen molar-refractivity contribution >= 4 is 46.8 Å². The molecule has 1 amide bonds. The number of nitrogens with zero attached hydrogens (tertiary/aromatic N) is 2. The number of aliphatic hydroxyl groups excluding tert-OH is 1. The molecule has 0 aliphatic rings. The Morgan fingerprint density at radius 2 is 2.00 bits per heavy atom. The van der Waals surface area contributed by atoms with Crippen molar-refractivity contribution in [3.8, 4) is 0 Å². The molecule has 25 heavy (non-hydrogen) atoms. The van der Waals surface area contributed by atoms with E-state index in [1.165, 1.54) is 6.08 Å². The first-order valence-corrected chi connectivity index (χ1v) is 8.80. The van der Waals surface area contributed by atoms with E-state index in [9.17, 15) is 4.79 Å². The molecule has 2 aromatic rings. The highest BCUT2D eigenvalue weighted by atomic mass is 35.5. The van der Waals surface area contributed by atoms with Crippen molar-refractivity contribution in [2.75, 3.05) is 13.2 Å². The average Bonchev–Trinajstić information content (AvgIpc) is 2.83. The van der Waals surface area contributed by atoms with Gasteiger partial charge in [0.05, 0.1) is 12.2 Å². The number of aliphatic hydroxyl groups is 1. The highest BCUT2D eigenvalue weighted by molar-refractivity contribution is 6.36.